The van der Waals surface area contributed by atoms with Crippen molar-refractivity contribution in [1.29, 1.82) is 0 Å². The summed E-state index contributed by atoms with van der Waals surface area (Å²) < 4.78 is 13.8. The van der Waals surface area contributed by atoms with E-state index in [0.717, 1.165) is 11.1 Å². The Morgan fingerprint density at radius 3 is 2.83 bits per heavy atom. The van der Waals surface area contributed by atoms with Gasteiger partial charge in [-0.3, -0.25) is 4.98 Å². The fourth-order valence-corrected chi connectivity index (χ4v) is 2.05. The third-order valence-corrected chi connectivity index (χ3v) is 3.19. The van der Waals surface area contributed by atoms with E-state index in [0.29, 0.717) is 17.0 Å². The molecule has 0 spiro atoms. The van der Waals surface area contributed by atoms with Gasteiger partial charge in [0.1, 0.15) is 5.82 Å². The lowest BCUT2D eigenvalue weighted by Crippen LogP contribution is -2.15. The molecule has 1 aromatic carbocycles. The molecule has 0 aliphatic heterocycles. The minimum atomic E-state index is -0.412. The number of benzene rings is 1. The molecule has 1 aromatic heterocycles. The first kappa shape index (κ1) is 13.0. The zero-order valence-electron chi connectivity index (χ0n) is 10.0. The average molecular weight is 265 g/mol. The molecule has 0 aliphatic rings. The molecule has 18 heavy (non-hydrogen) atoms. The van der Waals surface area contributed by atoms with Crippen LogP contribution in [0.1, 0.15) is 22.7 Å². The zero-order valence-corrected chi connectivity index (χ0v) is 10.8. The molecule has 0 amide bonds. The molecular formula is C14H14ClFN2. The number of aryl methyl sites for hydroxylation is 1. The van der Waals surface area contributed by atoms with Crippen molar-refractivity contribution in [2.75, 3.05) is 0 Å². The van der Waals surface area contributed by atoms with Crippen LogP contribution < -0.4 is 5.73 Å². The standard InChI is InChI=1S/C14H14ClFN2/c1-9-2-3-11(13(16)6-9)14(17)7-10-4-5-18-8-12(10)15/h2-6,8,14H,7,17H2,1H3. The molecule has 1 unspecified atom stereocenters. The minimum absolute atomic E-state index is 0.271. The van der Waals surface area contributed by atoms with Crippen LogP contribution in [0.3, 0.4) is 0 Å². The summed E-state index contributed by atoms with van der Waals surface area (Å²) in [7, 11) is 0. The van der Waals surface area contributed by atoms with E-state index in [2.05, 4.69) is 4.98 Å². The van der Waals surface area contributed by atoms with Crippen molar-refractivity contribution < 1.29 is 4.39 Å². The number of hydrogen-bond acceptors (Lipinski definition) is 2. The molecule has 1 heterocycles. The first-order chi connectivity index (χ1) is 8.58. The molecule has 4 heteroatoms. The summed E-state index contributed by atoms with van der Waals surface area (Å²) in [5, 5.41) is 0.556. The average Bonchev–Trinajstić information content (AvgIpc) is 2.32. The molecule has 0 radical (unpaired) electrons. The molecule has 0 saturated carbocycles. The number of nitrogens with zero attached hydrogens (tertiary/aromatic N) is 1. The van der Waals surface area contributed by atoms with Crippen molar-refractivity contribution in [3.63, 3.8) is 0 Å². The van der Waals surface area contributed by atoms with Gasteiger partial charge >= 0.3 is 0 Å². The van der Waals surface area contributed by atoms with Gasteiger partial charge in [-0.1, -0.05) is 23.7 Å². The molecule has 2 N–H and O–H groups in total. The van der Waals surface area contributed by atoms with Crippen molar-refractivity contribution >= 4 is 11.6 Å². The highest BCUT2D eigenvalue weighted by molar-refractivity contribution is 6.31. The van der Waals surface area contributed by atoms with E-state index in [-0.39, 0.29) is 5.82 Å². The maximum Gasteiger partial charge on any atom is 0.128 e. The second kappa shape index (κ2) is 5.46. The van der Waals surface area contributed by atoms with Gasteiger partial charge in [-0.2, -0.15) is 0 Å². The van der Waals surface area contributed by atoms with E-state index in [4.69, 9.17) is 17.3 Å². The smallest absolute Gasteiger partial charge is 0.128 e. The summed E-state index contributed by atoms with van der Waals surface area (Å²) in [6, 6.07) is 6.46. The molecular weight excluding hydrogens is 251 g/mol. The van der Waals surface area contributed by atoms with Crippen molar-refractivity contribution in [2.24, 2.45) is 5.73 Å². The molecule has 0 bridgehead atoms. The van der Waals surface area contributed by atoms with Gasteiger partial charge in [0.25, 0.3) is 0 Å². The van der Waals surface area contributed by atoms with Crippen LogP contribution in [0, 0.1) is 12.7 Å². The number of aromatic nitrogens is 1. The minimum Gasteiger partial charge on any atom is -0.324 e. The third-order valence-electron chi connectivity index (χ3n) is 2.85. The lowest BCUT2D eigenvalue weighted by Gasteiger charge is -2.14. The van der Waals surface area contributed by atoms with Crippen LogP contribution in [0.2, 0.25) is 5.02 Å². The molecule has 1 atom stereocenters. The molecule has 0 saturated heterocycles. The largest absolute Gasteiger partial charge is 0.324 e. The lowest BCUT2D eigenvalue weighted by molar-refractivity contribution is 0.579. The Hall–Kier alpha value is -1.45. The molecule has 94 valence electrons. The number of rotatable bonds is 3. The van der Waals surface area contributed by atoms with Gasteiger partial charge in [-0.25, -0.2) is 4.39 Å². The van der Waals surface area contributed by atoms with E-state index in [1.807, 2.05) is 13.0 Å². The van der Waals surface area contributed by atoms with Crippen LogP contribution in [0.4, 0.5) is 4.39 Å². The SMILES string of the molecule is Cc1ccc(C(N)Cc2ccncc2Cl)c(F)c1. The maximum atomic E-state index is 13.8. The Bertz CT molecular complexity index is 557. The number of hydrogen-bond donors (Lipinski definition) is 1. The van der Waals surface area contributed by atoms with Gasteiger partial charge in [0, 0.05) is 24.0 Å². The third kappa shape index (κ3) is 2.86. The number of nitrogens with two attached hydrogens (primary N) is 1. The van der Waals surface area contributed by atoms with Crippen LogP contribution in [0.25, 0.3) is 0 Å². The van der Waals surface area contributed by atoms with Gasteiger partial charge in [0.15, 0.2) is 0 Å². The Morgan fingerprint density at radius 1 is 1.39 bits per heavy atom. The van der Waals surface area contributed by atoms with E-state index in [9.17, 15) is 4.39 Å². The zero-order chi connectivity index (χ0) is 13.1. The Kier molecular flexibility index (Phi) is 3.94. The first-order valence-corrected chi connectivity index (χ1v) is 6.05. The van der Waals surface area contributed by atoms with Crippen molar-refractivity contribution in [1.82, 2.24) is 4.98 Å². The second-order valence-electron chi connectivity index (χ2n) is 4.30. The van der Waals surface area contributed by atoms with E-state index in [1.54, 1.807) is 24.5 Å². The Morgan fingerprint density at radius 2 is 2.17 bits per heavy atom. The Balaban J connectivity index is 2.22. The van der Waals surface area contributed by atoms with Gasteiger partial charge in [-0.05, 0) is 36.6 Å². The topological polar surface area (TPSA) is 38.9 Å². The highest BCUT2D eigenvalue weighted by Gasteiger charge is 2.13. The van der Waals surface area contributed by atoms with Crippen LogP contribution >= 0.6 is 11.6 Å². The molecule has 0 fully saturated rings. The van der Waals surface area contributed by atoms with Crippen LogP contribution in [-0.4, -0.2) is 4.98 Å². The van der Waals surface area contributed by atoms with E-state index < -0.39 is 6.04 Å². The normalized spacial score (nSPS) is 12.4. The number of halogens is 2. The van der Waals surface area contributed by atoms with E-state index in [1.165, 1.54) is 6.07 Å². The maximum absolute atomic E-state index is 13.8. The van der Waals surface area contributed by atoms with E-state index >= 15 is 0 Å². The van der Waals surface area contributed by atoms with Crippen LogP contribution in [-0.2, 0) is 6.42 Å². The van der Waals surface area contributed by atoms with Gasteiger partial charge in [-0.15, -0.1) is 0 Å². The monoisotopic (exact) mass is 264 g/mol. The fraction of sp³-hybridized carbons (Fsp3) is 0.214. The summed E-state index contributed by atoms with van der Waals surface area (Å²) in [5.74, 6) is -0.271. The second-order valence-corrected chi connectivity index (χ2v) is 4.71. The Labute approximate surface area is 111 Å². The van der Waals surface area contributed by atoms with Gasteiger partial charge in [0.2, 0.25) is 0 Å². The summed E-state index contributed by atoms with van der Waals surface area (Å²) in [5.41, 5.74) is 8.29. The summed E-state index contributed by atoms with van der Waals surface area (Å²) in [6.45, 7) is 1.85. The molecule has 2 rings (SSSR count). The number of pyridine rings is 1. The first-order valence-electron chi connectivity index (χ1n) is 5.68. The fourth-order valence-electron chi connectivity index (χ4n) is 1.85. The highest BCUT2D eigenvalue weighted by atomic mass is 35.5. The van der Waals surface area contributed by atoms with Gasteiger partial charge < -0.3 is 5.73 Å². The summed E-state index contributed by atoms with van der Waals surface area (Å²) in [6.07, 6.45) is 3.70. The van der Waals surface area contributed by atoms with Crippen LogP contribution in [0.5, 0.6) is 0 Å². The lowest BCUT2D eigenvalue weighted by atomic mass is 9.99. The summed E-state index contributed by atoms with van der Waals surface area (Å²) >= 11 is 6.01. The quantitative estimate of drug-likeness (QED) is 0.923. The predicted octanol–water partition coefficient (Wildman–Crippen LogP) is 3.43. The summed E-state index contributed by atoms with van der Waals surface area (Å²) in [4.78, 5) is 3.91. The molecule has 0 aliphatic carbocycles. The predicted molar refractivity (Wildman–Crippen MR) is 71.0 cm³/mol. The molecule has 2 aromatic rings. The van der Waals surface area contributed by atoms with Crippen molar-refractivity contribution in [2.45, 2.75) is 19.4 Å². The highest BCUT2D eigenvalue weighted by Crippen LogP contribution is 2.23. The molecule has 2 nitrogen and oxygen atoms in total. The van der Waals surface area contributed by atoms with Crippen molar-refractivity contribution in [3.05, 3.63) is 64.2 Å². The van der Waals surface area contributed by atoms with Crippen LogP contribution in [0.15, 0.2) is 36.7 Å². The van der Waals surface area contributed by atoms with Crippen molar-refractivity contribution in [3.8, 4) is 0 Å². The van der Waals surface area contributed by atoms with Gasteiger partial charge in [0.05, 0.1) is 5.02 Å².